The third kappa shape index (κ3) is 3.76. The van der Waals surface area contributed by atoms with Crippen LogP contribution < -0.4 is 5.32 Å². The SMILES string of the molecule is COC(=O)CCN1C(=S)N[C@H](c2ccccn2)[C@@H]1c1cc(C)n(C(C)C)c1C. The van der Waals surface area contributed by atoms with Gasteiger partial charge in [-0.3, -0.25) is 9.78 Å². The number of aromatic nitrogens is 2. The van der Waals surface area contributed by atoms with Crippen LogP contribution in [0.1, 0.15) is 61.0 Å². The quantitative estimate of drug-likeness (QED) is 0.590. The lowest BCUT2D eigenvalue weighted by Crippen LogP contribution is -2.32. The Hall–Kier alpha value is -2.41. The summed E-state index contributed by atoms with van der Waals surface area (Å²) in [6.45, 7) is 9.15. The number of aryl methyl sites for hydroxylation is 1. The molecule has 3 heterocycles. The van der Waals surface area contributed by atoms with E-state index in [9.17, 15) is 4.79 Å². The summed E-state index contributed by atoms with van der Waals surface area (Å²) < 4.78 is 7.17. The van der Waals surface area contributed by atoms with E-state index >= 15 is 0 Å². The summed E-state index contributed by atoms with van der Waals surface area (Å²) in [5.74, 6) is -0.240. The van der Waals surface area contributed by atoms with E-state index in [2.05, 4.69) is 53.5 Å². The van der Waals surface area contributed by atoms with Crippen molar-refractivity contribution >= 4 is 23.3 Å². The molecule has 6 nitrogen and oxygen atoms in total. The topological polar surface area (TPSA) is 59.4 Å². The molecular weight excluding hydrogens is 372 g/mol. The number of ether oxygens (including phenoxy) is 1. The summed E-state index contributed by atoms with van der Waals surface area (Å²) in [7, 11) is 1.41. The zero-order valence-electron chi connectivity index (χ0n) is 17.1. The summed E-state index contributed by atoms with van der Waals surface area (Å²) in [5.41, 5.74) is 4.57. The number of hydrogen-bond acceptors (Lipinski definition) is 4. The fraction of sp³-hybridized carbons (Fsp3) is 0.476. The second kappa shape index (κ2) is 8.31. The molecular formula is C21H28N4O2S. The first-order valence-corrected chi connectivity index (χ1v) is 9.99. The molecule has 150 valence electrons. The molecule has 2 atom stereocenters. The maximum absolute atomic E-state index is 11.8. The molecule has 1 N–H and O–H groups in total. The summed E-state index contributed by atoms with van der Waals surface area (Å²) in [5, 5.41) is 4.07. The molecule has 1 aliphatic heterocycles. The molecule has 0 aromatic carbocycles. The van der Waals surface area contributed by atoms with Crippen molar-refractivity contribution in [2.75, 3.05) is 13.7 Å². The predicted octanol–water partition coefficient (Wildman–Crippen LogP) is 3.62. The van der Waals surface area contributed by atoms with Crippen LogP contribution in [0.3, 0.4) is 0 Å². The second-order valence-corrected chi connectivity index (χ2v) is 7.82. The van der Waals surface area contributed by atoms with Crippen molar-refractivity contribution < 1.29 is 9.53 Å². The van der Waals surface area contributed by atoms with Gasteiger partial charge in [-0.25, -0.2) is 0 Å². The molecule has 3 rings (SSSR count). The van der Waals surface area contributed by atoms with Gasteiger partial charge in [0.05, 0.1) is 31.3 Å². The van der Waals surface area contributed by atoms with Gasteiger partial charge in [-0.05, 0) is 63.7 Å². The summed E-state index contributed by atoms with van der Waals surface area (Å²) >= 11 is 5.65. The Morgan fingerprint density at radius 1 is 1.36 bits per heavy atom. The van der Waals surface area contributed by atoms with E-state index in [0.29, 0.717) is 17.7 Å². The van der Waals surface area contributed by atoms with Gasteiger partial charge in [0.15, 0.2) is 5.11 Å². The summed E-state index contributed by atoms with van der Waals surface area (Å²) in [6, 6.07) is 8.39. The summed E-state index contributed by atoms with van der Waals surface area (Å²) in [6.07, 6.45) is 2.08. The highest BCUT2D eigenvalue weighted by Crippen LogP contribution is 2.41. The zero-order chi connectivity index (χ0) is 20.4. The van der Waals surface area contributed by atoms with Crippen LogP contribution in [-0.2, 0) is 9.53 Å². The zero-order valence-corrected chi connectivity index (χ0v) is 17.9. The summed E-state index contributed by atoms with van der Waals surface area (Å²) in [4.78, 5) is 18.4. The first-order chi connectivity index (χ1) is 13.3. The molecule has 0 radical (unpaired) electrons. The normalized spacial score (nSPS) is 19.2. The lowest BCUT2D eigenvalue weighted by molar-refractivity contribution is -0.140. The molecule has 0 saturated carbocycles. The molecule has 0 amide bonds. The molecule has 0 spiro atoms. The Balaban J connectivity index is 2.05. The number of rotatable bonds is 6. The number of esters is 1. The highest BCUT2D eigenvalue weighted by Gasteiger charge is 2.41. The highest BCUT2D eigenvalue weighted by molar-refractivity contribution is 7.80. The Bertz CT molecular complexity index is 863. The lowest BCUT2D eigenvalue weighted by atomic mass is 9.96. The minimum Gasteiger partial charge on any atom is -0.469 e. The Labute approximate surface area is 171 Å². The van der Waals surface area contributed by atoms with E-state index < -0.39 is 0 Å². The third-order valence-electron chi connectivity index (χ3n) is 5.34. The van der Waals surface area contributed by atoms with E-state index in [-0.39, 0.29) is 24.5 Å². The number of thiocarbonyl (C=S) groups is 1. The molecule has 28 heavy (non-hydrogen) atoms. The van der Waals surface area contributed by atoms with E-state index in [4.69, 9.17) is 17.0 Å². The van der Waals surface area contributed by atoms with Gasteiger partial charge in [0.1, 0.15) is 0 Å². The molecule has 0 bridgehead atoms. The maximum Gasteiger partial charge on any atom is 0.307 e. The van der Waals surface area contributed by atoms with Crippen LogP contribution in [0.4, 0.5) is 0 Å². The Morgan fingerprint density at radius 3 is 2.68 bits per heavy atom. The minimum atomic E-state index is -0.240. The standard InChI is InChI=1S/C21H28N4O2S/c1-13(2)25-14(3)12-16(15(25)4)20-19(17-8-6-7-10-22-17)23-21(28)24(20)11-9-18(26)27-5/h6-8,10,12-13,19-20H,9,11H2,1-5H3,(H,23,28)/t19-,20+/m1/s1. The van der Waals surface area contributed by atoms with Crippen molar-refractivity contribution in [3.63, 3.8) is 0 Å². The fourth-order valence-electron chi connectivity index (χ4n) is 4.20. The number of hydrogen-bond donors (Lipinski definition) is 1. The van der Waals surface area contributed by atoms with Gasteiger partial charge in [0.2, 0.25) is 0 Å². The number of methoxy groups -OCH3 is 1. The minimum absolute atomic E-state index is 0.0363. The monoisotopic (exact) mass is 400 g/mol. The molecule has 2 aromatic rings. The molecule has 1 fully saturated rings. The molecule has 1 saturated heterocycles. The van der Waals surface area contributed by atoms with Crippen molar-refractivity contribution in [1.82, 2.24) is 19.8 Å². The van der Waals surface area contributed by atoms with E-state index in [1.165, 1.54) is 24.1 Å². The van der Waals surface area contributed by atoms with Crippen LogP contribution in [0.15, 0.2) is 30.5 Å². The van der Waals surface area contributed by atoms with Gasteiger partial charge in [-0.1, -0.05) is 6.07 Å². The first-order valence-electron chi connectivity index (χ1n) is 9.58. The van der Waals surface area contributed by atoms with E-state index in [1.807, 2.05) is 18.2 Å². The van der Waals surface area contributed by atoms with Crippen LogP contribution in [0.2, 0.25) is 0 Å². The average molecular weight is 401 g/mol. The van der Waals surface area contributed by atoms with Crippen molar-refractivity contribution in [2.45, 2.75) is 52.2 Å². The average Bonchev–Trinajstić information content (AvgIpc) is 3.15. The van der Waals surface area contributed by atoms with Gasteiger partial charge in [0, 0.05) is 30.2 Å². The highest BCUT2D eigenvalue weighted by atomic mass is 32.1. The van der Waals surface area contributed by atoms with Crippen molar-refractivity contribution in [3.8, 4) is 0 Å². The Morgan fingerprint density at radius 2 is 2.11 bits per heavy atom. The molecule has 0 unspecified atom stereocenters. The fourth-order valence-corrected chi connectivity index (χ4v) is 4.53. The molecule has 0 aliphatic carbocycles. The van der Waals surface area contributed by atoms with E-state index in [0.717, 1.165) is 5.69 Å². The Kier molecular flexibility index (Phi) is 6.03. The van der Waals surface area contributed by atoms with Gasteiger partial charge in [0.25, 0.3) is 0 Å². The molecule has 7 heteroatoms. The van der Waals surface area contributed by atoms with Crippen LogP contribution in [-0.4, -0.2) is 39.2 Å². The third-order valence-corrected chi connectivity index (χ3v) is 5.69. The van der Waals surface area contributed by atoms with Crippen LogP contribution in [0.25, 0.3) is 0 Å². The predicted molar refractivity (Wildman–Crippen MR) is 113 cm³/mol. The van der Waals surface area contributed by atoms with Crippen molar-refractivity contribution in [1.29, 1.82) is 0 Å². The first kappa shape index (κ1) is 20.3. The smallest absolute Gasteiger partial charge is 0.307 e. The van der Waals surface area contributed by atoms with Crippen LogP contribution in [0.5, 0.6) is 0 Å². The van der Waals surface area contributed by atoms with Crippen molar-refractivity contribution in [3.05, 3.63) is 53.1 Å². The van der Waals surface area contributed by atoms with Gasteiger partial charge >= 0.3 is 5.97 Å². The van der Waals surface area contributed by atoms with Crippen LogP contribution >= 0.6 is 12.2 Å². The van der Waals surface area contributed by atoms with E-state index in [1.54, 1.807) is 6.20 Å². The number of nitrogens with zero attached hydrogens (tertiary/aromatic N) is 3. The molecule has 1 aliphatic rings. The van der Waals surface area contributed by atoms with Crippen LogP contribution in [0, 0.1) is 13.8 Å². The van der Waals surface area contributed by atoms with Gasteiger partial charge < -0.3 is 19.5 Å². The van der Waals surface area contributed by atoms with Gasteiger partial charge in [-0.2, -0.15) is 0 Å². The maximum atomic E-state index is 11.8. The largest absolute Gasteiger partial charge is 0.469 e. The number of carbonyl (C=O) groups is 1. The second-order valence-electron chi connectivity index (χ2n) is 7.44. The number of pyridine rings is 1. The lowest BCUT2D eigenvalue weighted by Gasteiger charge is -2.28. The molecule has 2 aromatic heterocycles. The van der Waals surface area contributed by atoms with Crippen molar-refractivity contribution in [2.24, 2.45) is 0 Å². The number of carbonyl (C=O) groups excluding carboxylic acids is 1. The van der Waals surface area contributed by atoms with Gasteiger partial charge in [-0.15, -0.1) is 0 Å². The number of nitrogens with one attached hydrogen (secondary N) is 1.